The van der Waals surface area contributed by atoms with E-state index in [1.54, 1.807) is 25.1 Å². The predicted molar refractivity (Wildman–Crippen MR) is 134 cm³/mol. The fraction of sp³-hybridized carbons (Fsp3) is 0.345. The lowest BCUT2D eigenvalue weighted by Gasteiger charge is -2.37. The fourth-order valence-electron chi connectivity index (χ4n) is 5.09. The summed E-state index contributed by atoms with van der Waals surface area (Å²) < 4.78 is 61.5. The summed E-state index contributed by atoms with van der Waals surface area (Å²) in [5.74, 6) is -0.450. The maximum atomic E-state index is 14.8. The average Bonchev–Trinajstić information content (AvgIpc) is 3.36. The van der Waals surface area contributed by atoms with E-state index < -0.39 is 29.1 Å². The molecule has 1 aliphatic rings. The van der Waals surface area contributed by atoms with Crippen LogP contribution < -0.4 is 15.4 Å². The molecule has 1 saturated carbocycles. The van der Waals surface area contributed by atoms with Crippen LogP contribution in [0.5, 0.6) is 5.75 Å². The third-order valence-electron chi connectivity index (χ3n) is 6.93. The van der Waals surface area contributed by atoms with E-state index in [1.165, 1.54) is 7.11 Å². The lowest BCUT2D eigenvalue weighted by atomic mass is 9.77. The summed E-state index contributed by atoms with van der Waals surface area (Å²) in [5, 5.41) is 5.95. The van der Waals surface area contributed by atoms with E-state index in [1.807, 2.05) is 30.3 Å². The van der Waals surface area contributed by atoms with Crippen molar-refractivity contribution in [2.75, 3.05) is 7.11 Å². The molecule has 1 aliphatic carbocycles. The monoisotopic (exact) mass is 514 g/mol. The molecule has 0 aliphatic heterocycles. The van der Waals surface area contributed by atoms with Crippen LogP contribution >= 0.6 is 0 Å². The Labute approximate surface area is 214 Å². The molecule has 0 bridgehead atoms. The van der Waals surface area contributed by atoms with Crippen LogP contribution in [0.25, 0.3) is 0 Å². The molecular formula is C29H30F4N2O2. The van der Waals surface area contributed by atoms with E-state index in [9.17, 15) is 22.4 Å². The molecule has 196 valence electrons. The first-order valence-electron chi connectivity index (χ1n) is 12.3. The number of nitrogens with one attached hydrogen (secondary N) is 2. The van der Waals surface area contributed by atoms with Crippen LogP contribution in [0.2, 0.25) is 0 Å². The number of rotatable bonds is 7. The Morgan fingerprint density at radius 2 is 1.62 bits per heavy atom. The van der Waals surface area contributed by atoms with Crippen LogP contribution in [0.15, 0.2) is 66.7 Å². The highest BCUT2D eigenvalue weighted by atomic mass is 19.4. The Kier molecular flexibility index (Phi) is 7.76. The second-order valence-electron chi connectivity index (χ2n) is 9.56. The van der Waals surface area contributed by atoms with Crippen LogP contribution in [-0.2, 0) is 18.1 Å². The summed E-state index contributed by atoms with van der Waals surface area (Å²) in [5.41, 5.74) is -0.644. The zero-order chi connectivity index (χ0) is 26.6. The third kappa shape index (κ3) is 6.06. The van der Waals surface area contributed by atoms with Crippen molar-refractivity contribution in [2.45, 2.75) is 56.8 Å². The minimum Gasteiger partial charge on any atom is -0.496 e. The van der Waals surface area contributed by atoms with Gasteiger partial charge in [-0.2, -0.15) is 13.2 Å². The third-order valence-corrected chi connectivity index (χ3v) is 6.93. The van der Waals surface area contributed by atoms with Crippen molar-refractivity contribution in [1.29, 1.82) is 0 Å². The van der Waals surface area contributed by atoms with Crippen molar-refractivity contribution >= 4 is 6.03 Å². The van der Waals surface area contributed by atoms with E-state index in [0.29, 0.717) is 17.4 Å². The summed E-state index contributed by atoms with van der Waals surface area (Å²) in [7, 11) is 1.52. The number of urea groups is 1. The Bertz CT molecular complexity index is 1240. The molecule has 0 radical (unpaired) electrons. The molecule has 1 unspecified atom stereocenters. The van der Waals surface area contributed by atoms with Gasteiger partial charge < -0.3 is 15.4 Å². The van der Waals surface area contributed by atoms with Gasteiger partial charge in [0.2, 0.25) is 0 Å². The molecule has 4 nitrogen and oxygen atoms in total. The summed E-state index contributed by atoms with van der Waals surface area (Å²) in [6, 6.07) is 16.2. The van der Waals surface area contributed by atoms with Gasteiger partial charge in [-0.3, -0.25) is 0 Å². The molecule has 1 fully saturated rings. The number of carbonyl (C=O) groups is 1. The number of aryl methyl sites for hydroxylation is 1. The lowest BCUT2D eigenvalue weighted by Crippen LogP contribution is -2.53. The number of alkyl halides is 3. The molecule has 8 heteroatoms. The SMILES string of the molecule is COc1ccc(C(Cc2ccccc2)(NC(=O)NC2CCCC2)c2cc(F)cc(C(F)(F)F)c2)cc1C. The Balaban J connectivity index is 1.93. The number of hydrogen-bond donors (Lipinski definition) is 2. The van der Waals surface area contributed by atoms with Crippen LogP contribution in [0.3, 0.4) is 0 Å². The highest BCUT2D eigenvalue weighted by molar-refractivity contribution is 5.76. The van der Waals surface area contributed by atoms with E-state index in [-0.39, 0.29) is 18.0 Å². The largest absolute Gasteiger partial charge is 0.496 e. The van der Waals surface area contributed by atoms with Gasteiger partial charge in [-0.05, 0) is 72.4 Å². The van der Waals surface area contributed by atoms with Gasteiger partial charge in [-0.15, -0.1) is 0 Å². The number of carbonyl (C=O) groups excluding carboxylic acids is 1. The van der Waals surface area contributed by atoms with Crippen LogP contribution in [-0.4, -0.2) is 19.2 Å². The minimum absolute atomic E-state index is 0.00480. The zero-order valence-electron chi connectivity index (χ0n) is 20.8. The first-order chi connectivity index (χ1) is 17.6. The topological polar surface area (TPSA) is 50.4 Å². The second kappa shape index (κ2) is 10.8. The standard InChI is InChI=1S/C29H30F4N2O2/c1-19-14-21(12-13-26(19)37-2)28(18-20-8-4-3-5-9-20,35-27(36)34-25-10-6-7-11-25)22-15-23(29(31,32)33)17-24(30)16-22/h3-5,8-9,12-17,25H,6-7,10-11,18H2,1-2H3,(H2,34,35,36). The predicted octanol–water partition coefficient (Wildman–Crippen LogP) is 6.89. The summed E-state index contributed by atoms with van der Waals surface area (Å²) in [6.45, 7) is 1.81. The van der Waals surface area contributed by atoms with Gasteiger partial charge in [-0.25, -0.2) is 9.18 Å². The van der Waals surface area contributed by atoms with Gasteiger partial charge in [0, 0.05) is 12.5 Å². The van der Waals surface area contributed by atoms with Crippen molar-refractivity contribution in [3.63, 3.8) is 0 Å². The van der Waals surface area contributed by atoms with Crippen LogP contribution in [0.4, 0.5) is 22.4 Å². The number of benzene rings is 3. The fourth-order valence-corrected chi connectivity index (χ4v) is 5.09. The molecule has 4 rings (SSSR count). The minimum atomic E-state index is -4.77. The first-order valence-corrected chi connectivity index (χ1v) is 12.3. The van der Waals surface area contributed by atoms with Crippen molar-refractivity contribution < 1.29 is 27.1 Å². The molecule has 2 N–H and O–H groups in total. The molecule has 1 atom stereocenters. The second-order valence-corrected chi connectivity index (χ2v) is 9.56. The maximum Gasteiger partial charge on any atom is 0.416 e. The van der Waals surface area contributed by atoms with Crippen molar-refractivity contribution in [3.05, 3.63) is 100 Å². The molecule has 0 heterocycles. The Morgan fingerprint density at radius 1 is 0.946 bits per heavy atom. The van der Waals surface area contributed by atoms with Gasteiger partial charge in [0.25, 0.3) is 0 Å². The van der Waals surface area contributed by atoms with Gasteiger partial charge in [0.05, 0.1) is 18.2 Å². The molecule has 0 aromatic heterocycles. The van der Waals surface area contributed by atoms with Crippen molar-refractivity contribution in [2.24, 2.45) is 0 Å². The highest BCUT2D eigenvalue weighted by Gasteiger charge is 2.40. The molecular weight excluding hydrogens is 484 g/mol. The molecule has 0 spiro atoms. The van der Waals surface area contributed by atoms with Crippen molar-refractivity contribution in [1.82, 2.24) is 10.6 Å². The van der Waals surface area contributed by atoms with Crippen LogP contribution in [0, 0.1) is 12.7 Å². The van der Waals surface area contributed by atoms with Gasteiger partial charge >= 0.3 is 12.2 Å². The molecule has 3 aromatic rings. The Morgan fingerprint density at radius 3 is 2.24 bits per heavy atom. The lowest BCUT2D eigenvalue weighted by molar-refractivity contribution is -0.137. The quantitative estimate of drug-likeness (QED) is 0.338. The molecule has 0 saturated heterocycles. The molecule has 2 amide bonds. The number of ether oxygens (including phenoxy) is 1. The normalized spacial score (nSPS) is 15.7. The molecule has 37 heavy (non-hydrogen) atoms. The van der Waals surface area contributed by atoms with E-state index in [4.69, 9.17) is 4.74 Å². The van der Waals surface area contributed by atoms with Crippen LogP contribution in [0.1, 0.15) is 53.5 Å². The Hall–Kier alpha value is -3.55. The van der Waals surface area contributed by atoms with E-state index in [2.05, 4.69) is 10.6 Å². The average molecular weight is 515 g/mol. The molecule has 3 aromatic carbocycles. The summed E-state index contributed by atoms with van der Waals surface area (Å²) >= 11 is 0. The smallest absolute Gasteiger partial charge is 0.416 e. The van der Waals surface area contributed by atoms with Gasteiger partial charge in [0.1, 0.15) is 11.6 Å². The summed E-state index contributed by atoms with van der Waals surface area (Å²) in [4.78, 5) is 13.4. The first kappa shape index (κ1) is 26.5. The number of halogens is 4. The zero-order valence-corrected chi connectivity index (χ0v) is 20.8. The van der Waals surface area contributed by atoms with E-state index >= 15 is 0 Å². The van der Waals surface area contributed by atoms with Crippen molar-refractivity contribution in [3.8, 4) is 5.75 Å². The number of hydrogen-bond acceptors (Lipinski definition) is 2. The number of methoxy groups -OCH3 is 1. The summed E-state index contributed by atoms with van der Waals surface area (Å²) in [6.07, 6.45) is -1.01. The maximum absolute atomic E-state index is 14.8. The number of amides is 2. The van der Waals surface area contributed by atoms with Gasteiger partial charge in [-0.1, -0.05) is 49.2 Å². The van der Waals surface area contributed by atoms with Gasteiger partial charge in [0.15, 0.2) is 0 Å². The van der Waals surface area contributed by atoms with E-state index in [0.717, 1.165) is 48.9 Å². The highest BCUT2D eigenvalue weighted by Crippen LogP contribution is 2.39.